The maximum atomic E-state index is 3.24. The molecule has 1 aromatic rings. The molecule has 0 bridgehead atoms. The van der Waals surface area contributed by atoms with E-state index < -0.39 is 0 Å². The van der Waals surface area contributed by atoms with Crippen LogP contribution in [0.15, 0.2) is 18.2 Å². The molecule has 0 fully saturated rings. The fourth-order valence-electron chi connectivity index (χ4n) is 1.71. The molecule has 14 heavy (non-hydrogen) atoms. The fourth-order valence-corrected chi connectivity index (χ4v) is 1.71. The van der Waals surface area contributed by atoms with E-state index in [1.807, 2.05) is 7.05 Å². The van der Waals surface area contributed by atoms with Crippen molar-refractivity contribution in [3.8, 4) is 0 Å². The lowest BCUT2D eigenvalue weighted by Crippen LogP contribution is -2.30. The van der Waals surface area contributed by atoms with Crippen LogP contribution in [0.25, 0.3) is 0 Å². The average Bonchev–Trinajstić information content (AvgIpc) is 2.09. The molecule has 1 rings (SSSR count). The van der Waals surface area contributed by atoms with Gasteiger partial charge in [-0.05, 0) is 37.6 Å². The molecule has 1 aromatic carbocycles. The van der Waals surface area contributed by atoms with Gasteiger partial charge in [0, 0.05) is 12.0 Å². The maximum absolute atomic E-state index is 3.24. The lowest BCUT2D eigenvalue weighted by molar-refractivity contribution is 0.493. The first-order valence-electron chi connectivity index (χ1n) is 5.20. The molecule has 0 spiro atoms. The van der Waals surface area contributed by atoms with Crippen molar-refractivity contribution < 1.29 is 0 Å². The van der Waals surface area contributed by atoms with Crippen LogP contribution >= 0.6 is 0 Å². The van der Waals surface area contributed by atoms with E-state index in [0.29, 0.717) is 0 Å². The summed E-state index contributed by atoms with van der Waals surface area (Å²) in [6.07, 6.45) is 0. The van der Waals surface area contributed by atoms with E-state index >= 15 is 0 Å². The van der Waals surface area contributed by atoms with Gasteiger partial charge in [-0.15, -0.1) is 0 Å². The summed E-state index contributed by atoms with van der Waals surface area (Å²) in [6.45, 7) is 9.88. The van der Waals surface area contributed by atoms with Gasteiger partial charge < -0.3 is 5.32 Å². The molecule has 0 aliphatic carbocycles. The van der Waals surface area contributed by atoms with Gasteiger partial charge in [0.2, 0.25) is 0 Å². The van der Waals surface area contributed by atoms with Gasteiger partial charge in [-0.25, -0.2) is 0 Å². The van der Waals surface area contributed by atoms with Crippen molar-refractivity contribution in [1.82, 2.24) is 5.32 Å². The number of benzene rings is 1. The zero-order chi connectivity index (χ0) is 10.8. The molecule has 0 atom stereocenters. The largest absolute Gasteiger partial charge is 0.319 e. The van der Waals surface area contributed by atoms with Crippen LogP contribution in [0.4, 0.5) is 0 Å². The van der Waals surface area contributed by atoms with Crippen LogP contribution in [0.3, 0.4) is 0 Å². The Labute approximate surface area is 87.5 Å². The second-order valence-electron chi connectivity index (χ2n) is 4.71. The second-order valence-corrected chi connectivity index (χ2v) is 4.71. The first-order valence-corrected chi connectivity index (χ1v) is 5.20. The van der Waals surface area contributed by atoms with Gasteiger partial charge in [-0.2, -0.15) is 0 Å². The smallest absolute Gasteiger partial charge is 0.00401 e. The molecule has 0 aromatic heterocycles. The zero-order valence-electron chi connectivity index (χ0n) is 9.94. The van der Waals surface area contributed by atoms with Crippen molar-refractivity contribution in [2.24, 2.45) is 0 Å². The molecule has 0 heterocycles. The number of hydrogen-bond acceptors (Lipinski definition) is 1. The van der Waals surface area contributed by atoms with Gasteiger partial charge in [0.1, 0.15) is 0 Å². The summed E-state index contributed by atoms with van der Waals surface area (Å²) in [5.74, 6) is 0. The highest BCUT2D eigenvalue weighted by Crippen LogP contribution is 2.24. The monoisotopic (exact) mass is 191 g/mol. The topological polar surface area (TPSA) is 12.0 Å². The van der Waals surface area contributed by atoms with Crippen LogP contribution in [-0.2, 0) is 5.41 Å². The van der Waals surface area contributed by atoms with Gasteiger partial charge in [0.05, 0.1) is 0 Å². The first kappa shape index (κ1) is 11.3. The Morgan fingerprint density at radius 2 is 1.79 bits per heavy atom. The van der Waals surface area contributed by atoms with E-state index in [0.717, 1.165) is 6.54 Å². The second kappa shape index (κ2) is 4.14. The molecule has 78 valence electrons. The number of hydrogen-bond donors (Lipinski definition) is 1. The summed E-state index contributed by atoms with van der Waals surface area (Å²) in [4.78, 5) is 0. The van der Waals surface area contributed by atoms with Crippen LogP contribution in [0.1, 0.15) is 30.5 Å². The number of rotatable bonds is 3. The molecule has 0 saturated carbocycles. The van der Waals surface area contributed by atoms with Gasteiger partial charge in [0.25, 0.3) is 0 Å². The van der Waals surface area contributed by atoms with E-state index in [9.17, 15) is 0 Å². The standard InChI is InChI=1S/C13H21N/c1-10-6-7-12(8-11(10)2)13(3,4)9-14-5/h6-8,14H,9H2,1-5H3. The van der Waals surface area contributed by atoms with E-state index in [2.05, 4.69) is 51.2 Å². The lowest BCUT2D eigenvalue weighted by atomic mass is 9.83. The molecule has 1 nitrogen and oxygen atoms in total. The summed E-state index contributed by atoms with van der Waals surface area (Å²) < 4.78 is 0. The predicted molar refractivity (Wildman–Crippen MR) is 62.9 cm³/mol. The van der Waals surface area contributed by atoms with Crippen LogP contribution in [0.5, 0.6) is 0 Å². The molecule has 0 radical (unpaired) electrons. The zero-order valence-corrected chi connectivity index (χ0v) is 9.94. The number of nitrogens with one attached hydrogen (secondary N) is 1. The summed E-state index contributed by atoms with van der Waals surface area (Å²) in [6, 6.07) is 6.74. The molecular formula is C13H21N. The van der Waals surface area contributed by atoms with Gasteiger partial charge in [-0.3, -0.25) is 0 Å². The Bertz CT molecular complexity index is 313. The minimum Gasteiger partial charge on any atom is -0.319 e. The summed E-state index contributed by atoms with van der Waals surface area (Å²) >= 11 is 0. The predicted octanol–water partition coefficient (Wildman–Crippen LogP) is 2.80. The van der Waals surface area contributed by atoms with E-state index in [-0.39, 0.29) is 5.41 Å². The van der Waals surface area contributed by atoms with E-state index in [4.69, 9.17) is 0 Å². The minimum atomic E-state index is 0.215. The Kier molecular flexibility index (Phi) is 3.33. The van der Waals surface area contributed by atoms with Gasteiger partial charge in [-0.1, -0.05) is 32.0 Å². The van der Waals surface area contributed by atoms with Crippen LogP contribution < -0.4 is 5.32 Å². The SMILES string of the molecule is CNCC(C)(C)c1ccc(C)c(C)c1. The average molecular weight is 191 g/mol. The Hall–Kier alpha value is -0.820. The highest BCUT2D eigenvalue weighted by molar-refractivity contribution is 5.34. The minimum absolute atomic E-state index is 0.215. The normalized spacial score (nSPS) is 11.8. The number of likely N-dealkylation sites (N-methyl/N-ethyl adjacent to an activating group) is 1. The fraction of sp³-hybridized carbons (Fsp3) is 0.538. The molecule has 1 N–H and O–H groups in total. The third kappa shape index (κ3) is 2.36. The first-order chi connectivity index (χ1) is 6.47. The molecule has 0 amide bonds. The van der Waals surface area contributed by atoms with Gasteiger partial charge in [0.15, 0.2) is 0 Å². The van der Waals surface area contributed by atoms with Crippen molar-refractivity contribution >= 4 is 0 Å². The molecule has 0 unspecified atom stereocenters. The molecule has 0 saturated heterocycles. The van der Waals surface area contributed by atoms with E-state index in [1.54, 1.807) is 0 Å². The van der Waals surface area contributed by atoms with Crippen molar-refractivity contribution in [2.45, 2.75) is 33.1 Å². The molecule has 1 heteroatoms. The van der Waals surface area contributed by atoms with Crippen molar-refractivity contribution in [3.63, 3.8) is 0 Å². The van der Waals surface area contributed by atoms with Crippen molar-refractivity contribution in [1.29, 1.82) is 0 Å². The van der Waals surface area contributed by atoms with Gasteiger partial charge >= 0.3 is 0 Å². The Morgan fingerprint density at radius 3 is 2.29 bits per heavy atom. The lowest BCUT2D eigenvalue weighted by Gasteiger charge is -2.25. The maximum Gasteiger partial charge on any atom is 0.00401 e. The quantitative estimate of drug-likeness (QED) is 0.774. The van der Waals surface area contributed by atoms with Crippen LogP contribution in [0, 0.1) is 13.8 Å². The highest BCUT2D eigenvalue weighted by Gasteiger charge is 2.19. The summed E-state index contributed by atoms with van der Waals surface area (Å²) in [5, 5.41) is 3.24. The van der Waals surface area contributed by atoms with Crippen molar-refractivity contribution in [2.75, 3.05) is 13.6 Å². The third-order valence-electron chi connectivity index (χ3n) is 2.91. The molecular weight excluding hydrogens is 170 g/mol. The summed E-state index contributed by atoms with van der Waals surface area (Å²) in [7, 11) is 2.00. The highest BCUT2D eigenvalue weighted by atomic mass is 14.8. The van der Waals surface area contributed by atoms with Crippen LogP contribution in [0.2, 0.25) is 0 Å². The summed E-state index contributed by atoms with van der Waals surface area (Å²) in [5.41, 5.74) is 4.38. The third-order valence-corrected chi connectivity index (χ3v) is 2.91. The Morgan fingerprint density at radius 1 is 1.14 bits per heavy atom. The molecule has 0 aliphatic rings. The van der Waals surface area contributed by atoms with Crippen molar-refractivity contribution in [3.05, 3.63) is 34.9 Å². The Balaban J connectivity index is 3.01. The molecule has 0 aliphatic heterocycles. The van der Waals surface area contributed by atoms with E-state index in [1.165, 1.54) is 16.7 Å². The van der Waals surface area contributed by atoms with Crippen LogP contribution in [-0.4, -0.2) is 13.6 Å². The number of aryl methyl sites for hydroxylation is 2.